The number of carbonyl (C=O) groups is 1. The van der Waals surface area contributed by atoms with Crippen molar-refractivity contribution in [3.8, 4) is 17.2 Å². The first-order chi connectivity index (χ1) is 13.2. The Morgan fingerprint density at radius 1 is 1.11 bits per heavy atom. The Bertz CT molecular complexity index is 965. The summed E-state index contributed by atoms with van der Waals surface area (Å²) < 4.78 is 12.3. The maximum Gasteiger partial charge on any atom is 0.274 e. The SMILES string of the molecule is COc1cccc(/C=N/NC(=O)c2cnn(-c3ccccc3)c2C)c1OC. The number of carbonyl (C=O) groups excluding carboxylic acids is 1. The van der Waals surface area contributed by atoms with Crippen LogP contribution in [0, 0.1) is 6.92 Å². The van der Waals surface area contributed by atoms with E-state index < -0.39 is 0 Å². The number of nitrogens with zero attached hydrogens (tertiary/aromatic N) is 3. The zero-order valence-corrected chi connectivity index (χ0v) is 15.3. The van der Waals surface area contributed by atoms with E-state index in [4.69, 9.17) is 9.47 Å². The van der Waals surface area contributed by atoms with Crippen LogP contribution < -0.4 is 14.9 Å². The van der Waals surface area contributed by atoms with Crippen molar-refractivity contribution in [2.24, 2.45) is 5.10 Å². The van der Waals surface area contributed by atoms with Gasteiger partial charge in [-0.3, -0.25) is 4.79 Å². The number of hydrogen-bond donors (Lipinski definition) is 1. The zero-order chi connectivity index (χ0) is 19.2. The minimum atomic E-state index is -0.340. The standard InChI is InChI=1S/C20H20N4O3/c1-14-17(13-22-24(14)16-9-5-4-6-10-16)20(25)23-21-12-15-8-7-11-18(26-2)19(15)27-3/h4-13H,1-3H3,(H,23,25)/b21-12+. The van der Waals surface area contributed by atoms with Crippen LogP contribution in [-0.4, -0.2) is 36.1 Å². The van der Waals surface area contributed by atoms with Crippen LogP contribution >= 0.6 is 0 Å². The van der Waals surface area contributed by atoms with E-state index in [9.17, 15) is 4.79 Å². The fourth-order valence-corrected chi connectivity index (χ4v) is 2.70. The minimum Gasteiger partial charge on any atom is -0.493 e. The van der Waals surface area contributed by atoms with E-state index >= 15 is 0 Å². The number of aromatic nitrogens is 2. The van der Waals surface area contributed by atoms with Gasteiger partial charge in [-0.05, 0) is 31.2 Å². The molecule has 0 aliphatic heterocycles. The summed E-state index contributed by atoms with van der Waals surface area (Å²) in [5, 5.41) is 8.32. The zero-order valence-electron chi connectivity index (χ0n) is 15.3. The van der Waals surface area contributed by atoms with Crippen molar-refractivity contribution in [2.75, 3.05) is 14.2 Å². The molecule has 7 heteroatoms. The fourth-order valence-electron chi connectivity index (χ4n) is 2.70. The molecule has 27 heavy (non-hydrogen) atoms. The molecule has 0 aliphatic carbocycles. The molecule has 3 aromatic rings. The summed E-state index contributed by atoms with van der Waals surface area (Å²) in [6.07, 6.45) is 3.04. The molecule has 1 N–H and O–H groups in total. The number of hydrazone groups is 1. The second-order valence-corrected chi connectivity index (χ2v) is 5.67. The van der Waals surface area contributed by atoms with Gasteiger partial charge in [-0.25, -0.2) is 10.1 Å². The number of nitrogens with one attached hydrogen (secondary N) is 1. The third-order valence-electron chi connectivity index (χ3n) is 4.06. The van der Waals surface area contributed by atoms with Crippen LogP contribution in [0.1, 0.15) is 21.6 Å². The van der Waals surface area contributed by atoms with Gasteiger partial charge < -0.3 is 9.47 Å². The van der Waals surface area contributed by atoms with Crippen molar-refractivity contribution >= 4 is 12.1 Å². The highest BCUT2D eigenvalue weighted by molar-refractivity contribution is 5.96. The fraction of sp³-hybridized carbons (Fsp3) is 0.150. The minimum absolute atomic E-state index is 0.340. The second-order valence-electron chi connectivity index (χ2n) is 5.67. The Morgan fingerprint density at radius 3 is 2.59 bits per heavy atom. The lowest BCUT2D eigenvalue weighted by Gasteiger charge is -2.09. The number of amides is 1. The van der Waals surface area contributed by atoms with Crippen LogP contribution in [0.25, 0.3) is 5.69 Å². The van der Waals surface area contributed by atoms with Crippen molar-refractivity contribution < 1.29 is 14.3 Å². The first-order valence-corrected chi connectivity index (χ1v) is 8.30. The smallest absolute Gasteiger partial charge is 0.274 e. The van der Waals surface area contributed by atoms with E-state index in [0.29, 0.717) is 22.6 Å². The molecular weight excluding hydrogens is 344 g/mol. The molecule has 3 rings (SSSR count). The van der Waals surface area contributed by atoms with E-state index in [1.807, 2.05) is 49.4 Å². The number of benzene rings is 2. The number of rotatable bonds is 6. The van der Waals surface area contributed by atoms with E-state index in [1.165, 1.54) is 12.4 Å². The number of hydrogen-bond acceptors (Lipinski definition) is 5. The predicted octanol–water partition coefficient (Wildman–Crippen LogP) is 2.96. The Kier molecular flexibility index (Phi) is 5.51. The summed E-state index contributed by atoms with van der Waals surface area (Å²) in [7, 11) is 3.11. The van der Waals surface area contributed by atoms with Crippen molar-refractivity contribution in [2.45, 2.75) is 6.92 Å². The average molecular weight is 364 g/mol. The maximum absolute atomic E-state index is 12.4. The molecule has 1 aromatic heterocycles. The lowest BCUT2D eigenvalue weighted by molar-refractivity contribution is 0.0954. The Hall–Kier alpha value is -3.61. The molecule has 0 atom stereocenters. The van der Waals surface area contributed by atoms with Crippen LogP contribution in [0.4, 0.5) is 0 Å². The van der Waals surface area contributed by atoms with Gasteiger partial charge in [-0.15, -0.1) is 0 Å². The van der Waals surface area contributed by atoms with Crippen molar-refractivity contribution in [1.82, 2.24) is 15.2 Å². The van der Waals surface area contributed by atoms with Crippen LogP contribution in [-0.2, 0) is 0 Å². The predicted molar refractivity (Wildman–Crippen MR) is 103 cm³/mol. The van der Waals surface area contributed by atoms with Gasteiger partial charge in [0, 0.05) is 5.56 Å². The number of methoxy groups -OCH3 is 2. The summed E-state index contributed by atoms with van der Waals surface area (Å²) in [5.41, 5.74) is 5.28. The molecule has 0 saturated carbocycles. The normalized spacial score (nSPS) is 10.8. The third kappa shape index (κ3) is 3.82. The number of para-hydroxylation sites is 2. The van der Waals surface area contributed by atoms with Gasteiger partial charge in [0.1, 0.15) is 0 Å². The van der Waals surface area contributed by atoms with Gasteiger partial charge in [-0.1, -0.05) is 24.3 Å². The first kappa shape index (κ1) is 18.2. The molecule has 7 nitrogen and oxygen atoms in total. The molecule has 0 radical (unpaired) electrons. The first-order valence-electron chi connectivity index (χ1n) is 8.30. The summed E-state index contributed by atoms with van der Waals surface area (Å²) in [5.74, 6) is 0.798. The molecule has 0 spiro atoms. The molecule has 0 aliphatic rings. The van der Waals surface area contributed by atoms with Crippen molar-refractivity contribution in [3.63, 3.8) is 0 Å². The largest absolute Gasteiger partial charge is 0.493 e. The van der Waals surface area contributed by atoms with Gasteiger partial charge >= 0.3 is 0 Å². The highest BCUT2D eigenvalue weighted by atomic mass is 16.5. The highest BCUT2D eigenvalue weighted by Gasteiger charge is 2.14. The van der Waals surface area contributed by atoms with E-state index in [0.717, 1.165) is 11.4 Å². The lowest BCUT2D eigenvalue weighted by atomic mass is 10.2. The maximum atomic E-state index is 12.4. The molecule has 138 valence electrons. The Balaban J connectivity index is 1.76. The summed E-state index contributed by atoms with van der Waals surface area (Å²) in [6, 6.07) is 15.0. The van der Waals surface area contributed by atoms with Crippen LogP contribution in [0.2, 0.25) is 0 Å². The highest BCUT2D eigenvalue weighted by Crippen LogP contribution is 2.29. The lowest BCUT2D eigenvalue weighted by Crippen LogP contribution is -2.18. The quantitative estimate of drug-likeness (QED) is 0.539. The van der Waals surface area contributed by atoms with Crippen LogP contribution in [0.3, 0.4) is 0 Å². The van der Waals surface area contributed by atoms with Crippen LogP contribution in [0.5, 0.6) is 11.5 Å². The van der Waals surface area contributed by atoms with Crippen molar-refractivity contribution in [3.05, 3.63) is 71.5 Å². The Morgan fingerprint density at radius 2 is 1.89 bits per heavy atom. The monoisotopic (exact) mass is 364 g/mol. The molecule has 0 saturated heterocycles. The molecule has 1 heterocycles. The van der Waals surface area contributed by atoms with Gasteiger partial charge in [-0.2, -0.15) is 10.2 Å². The van der Waals surface area contributed by atoms with E-state index in [-0.39, 0.29) is 5.91 Å². The molecule has 0 unspecified atom stereocenters. The van der Waals surface area contributed by atoms with E-state index in [2.05, 4.69) is 15.6 Å². The Labute approximate surface area is 157 Å². The number of ether oxygens (including phenoxy) is 2. The molecule has 0 fully saturated rings. The van der Waals surface area contributed by atoms with Crippen LogP contribution in [0.15, 0.2) is 59.8 Å². The van der Waals surface area contributed by atoms with Crippen molar-refractivity contribution in [1.29, 1.82) is 0 Å². The van der Waals surface area contributed by atoms with Gasteiger partial charge in [0.15, 0.2) is 11.5 Å². The molecule has 0 bridgehead atoms. The summed E-state index contributed by atoms with van der Waals surface area (Å²) in [6.45, 7) is 1.84. The average Bonchev–Trinajstić information content (AvgIpc) is 3.09. The molecular formula is C20H20N4O3. The molecule has 1 amide bonds. The van der Waals surface area contributed by atoms with E-state index in [1.54, 1.807) is 25.0 Å². The summed E-state index contributed by atoms with van der Waals surface area (Å²) in [4.78, 5) is 12.4. The van der Waals surface area contributed by atoms with Gasteiger partial charge in [0.05, 0.1) is 43.6 Å². The molecule has 2 aromatic carbocycles. The second kappa shape index (κ2) is 8.18. The van der Waals surface area contributed by atoms with Gasteiger partial charge in [0.2, 0.25) is 0 Å². The van der Waals surface area contributed by atoms with Gasteiger partial charge in [0.25, 0.3) is 5.91 Å². The topological polar surface area (TPSA) is 77.7 Å². The summed E-state index contributed by atoms with van der Waals surface area (Å²) >= 11 is 0. The third-order valence-corrected chi connectivity index (χ3v) is 4.06.